The Morgan fingerprint density at radius 2 is 1.80 bits per heavy atom. The highest BCUT2D eigenvalue weighted by atomic mass is 32.2. The molecule has 88 valence electrons. The minimum absolute atomic E-state index is 0.0231. The van der Waals surface area contributed by atoms with Gasteiger partial charge in [-0.15, -0.1) is 0 Å². The van der Waals surface area contributed by atoms with Crippen LogP contribution in [0.1, 0.15) is 25.7 Å². The molecule has 0 radical (unpaired) electrons. The maximum absolute atomic E-state index is 9.99. The minimum Gasteiger partial charge on any atom is -0.481 e. The molecule has 1 rings (SSSR count). The predicted molar refractivity (Wildman–Crippen MR) is 59.0 cm³/mol. The van der Waals surface area contributed by atoms with E-state index in [9.17, 15) is 9.59 Å². The van der Waals surface area contributed by atoms with Crippen molar-refractivity contribution in [2.45, 2.75) is 31.7 Å². The van der Waals surface area contributed by atoms with Gasteiger partial charge in [-0.25, -0.2) is 0 Å². The molecule has 0 aromatic rings. The van der Waals surface area contributed by atoms with E-state index >= 15 is 0 Å². The van der Waals surface area contributed by atoms with Crippen molar-refractivity contribution >= 4 is 23.7 Å². The molecule has 1 heterocycles. The Morgan fingerprint density at radius 1 is 1.27 bits per heavy atom. The Hall–Kier alpha value is -0.750. The number of thioether (sulfide) groups is 1. The molecule has 0 aromatic heterocycles. The average molecular weight is 235 g/mol. The summed E-state index contributed by atoms with van der Waals surface area (Å²) in [6, 6.07) is -1.06. The van der Waals surface area contributed by atoms with Crippen LogP contribution in [0.2, 0.25) is 0 Å². The van der Waals surface area contributed by atoms with Crippen molar-refractivity contribution in [1.82, 2.24) is 0 Å². The molecule has 15 heavy (non-hydrogen) atoms. The topological polar surface area (TPSA) is 101 Å². The summed E-state index contributed by atoms with van der Waals surface area (Å²) in [5.74, 6) is 0.637. The molecule has 6 heteroatoms. The van der Waals surface area contributed by atoms with Crippen LogP contribution in [-0.4, -0.2) is 39.7 Å². The summed E-state index contributed by atoms with van der Waals surface area (Å²) in [6.07, 6.45) is 2.70. The third-order valence-corrected chi connectivity index (χ3v) is 2.97. The first kappa shape index (κ1) is 14.2. The molecule has 5 nitrogen and oxygen atoms in total. The Labute approximate surface area is 93.0 Å². The highest BCUT2D eigenvalue weighted by Gasteiger charge is 2.12. The van der Waals surface area contributed by atoms with Gasteiger partial charge in [0.2, 0.25) is 0 Å². The summed E-state index contributed by atoms with van der Waals surface area (Å²) in [4.78, 5) is 19.9. The molecule has 0 saturated carbocycles. The summed E-state index contributed by atoms with van der Waals surface area (Å²) < 4.78 is 0. The first-order valence-corrected chi connectivity index (χ1v) is 5.97. The third kappa shape index (κ3) is 9.55. The molecule has 0 amide bonds. The summed E-state index contributed by atoms with van der Waals surface area (Å²) in [7, 11) is 0. The summed E-state index contributed by atoms with van der Waals surface area (Å²) >= 11 is 2.07. The lowest BCUT2D eigenvalue weighted by Crippen LogP contribution is -2.30. The van der Waals surface area contributed by atoms with E-state index in [-0.39, 0.29) is 12.8 Å². The van der Waals surface area contributed by atoms with E-state index in [1.807, 2.05) is 0 Å². The first-order chi connectivity index (χ1) is 7.04. The maximum Gasteiger partial charge on any atom is 0.320 e. The molecular formula is C9H17NO4S. The van der Waals surface area contributed by atoms with Crippen LogP contribution in [0, 0.1) is 0 Å². The second-order valence-electron chi connectivity index (χ2n) is 3.20. The van der Waals surface area contributed by atoms with E-state index in [1.54, 1.807) is 0 Å². The highest BCUT2D eigenvalue weighted by molar-refractivity contribution is 7.99. The number of carboxylic acids is 2. The van der Waals surface area contributed by atoms with Gasteiger partial charge >= 0.3 is 11.9 Å². The fourth-order valence-electron chi connectivity index (χ4n) is 0.913. The molecule has 0 unspecified atom stereocenters. The van der Waals surface area contributed by atoms with Gasteiger partial charge in [0, 0.05) is 6.42 Å². The number of aliphatic carboxylic acids is 2. The van der Waals surface area contributed by atoms with Crippen molar-refractivity contribution in [2.75, 3.05) is 11.5 Å². The van der Waals surface area contributed by atoms with Crippen LogP contribution in [0.4, 0.5) is 0 Å². The fraction of sp³-hybridized carbons (Fsp3) is 0.778. The number of carboxylic acid groups (broad SMARTS) is 2. The maximum atomic E-state index is 9.99. The van der Waals surface area contributed by atoms with Gasteiger partial charge in [-0.05, 0) is 30.8 Å². The molecule has 1 aliphatic heterocycles. The van der Waals surface area contributed by atoms with Gasteiger partial charge in [0.1, 0.15) is 6.04 Å². The number of hydrogen-bond donors (Lipinski definition) is 3. The van der Waals surface area contributed by atoms with Crippen molar-refractivity contribution in [3.63, 3.8) is 0 Å². The Balaban J connectivity index is 0.000000322. The summed E-state index contributed by atoms with van der Waals surface area (Å²) in [5.41, 5.74) is 5.00. The Bertz CT molecular complexity index is 199. The molecule has 1 aliphatic rings. The van der Waals surface area contributed by atoms with E-state index in [0.717, 1.165) is 0 Å². The van der Waals surface area contributed by atoms with E-state index in [0.29, 0.717) is 0 Å². The number of nitrogens with two attached hydrogens (primary N) is 1. The smallest absolute Gasteiger partial charge is 0.320 e. The number of carbonyl (C=O) groups is 2. The lowest BCUT2D eigenvalue weighted by molar-refractivity contribution is -0.139. The van der Waals surface area contributed by atoms with Gasteiger partial charge in [0.15, 0.2) is 0 Å². The Morgan fingerprint density at radius 3 is 2.07 bits per heavy atom. The quantitative estimate of drug-likeness (QED) is 0.665. The number of hydrogen-bond acceptors (Lipinski definition) is 4. The van der Waals surface area contributed by atoms with Crippen molar-refractivity contribution in [3.05, 3.63) is 0 Å². The second-order valence-corrected chi connectivity index (χ2v) is 4.42. The molecule has 4 N–H and O–H groups in total. The molecule has 0 spiro atoms. The van der Waals surface area contributed by atoms with Crippen molar-refractivity contribution in [3.8, 4) is 0 Å². The first-order valence-electron chi connectivity index (χ1n) is 4.82. The van der Waals surface area contributed by atoms with Gasteiger partial charge in [-0.2, -0.15) is 11.8 Å². The van der Waals surface area contributed by atoms with E-state index in [4.69, 9.17) is 15.9 Å². The zero-order valence-corrected chi connectivity index (χ0v) is 9.33. The largest absolute Gasteiger partial charge is 0.481 e. The van der Waals surface area contributed by atoms with Crippen LogP contribution in [0.3, 0.4) is 0 Å². The lowest BCUT2D eigenvalue weighted by Gasteiger charge is -2.01. The highest BCUT2D eigenvalue weighted by Crippen LogP contribution is 2.14. The molecule has 0 aliphatic carbocycles. The van der Waals surface area contributed by atoms with E-state index in [1.165, 1.54) is 24.3 Å². The van der Waals surface area contributed by atoms with E-state index < -0.39 is 18.0 Å². The molecule has 0 aromatic carbocycles. The Kier molecular flexibility index (Phi) is 8.12. The van der Waals surface area contributed by atoms with Crippen LogP contribution in [0.15, 0.2) is 0 Å². The predicted octanol–water partition coefficient (Wildman–Crippen LogP) is 0.776. The van der Waals surface area contributed by atoms with E-state index in [2.05, 4.69) is 11.8 Å². The van der Waals surface area contributed by atoms with Crippen LogP contribution in [0.25, 0.3) is 0 Å². The van der Waals surface area contributed by atoms with Gasteiger partial charge in [-0.1, -0.05) is 0 Å². The normalized spacial score (nSPS) is 16.3. The van der Waals surface area contributed by atoms with Crippen LogP contribution in [-0.2, 0) is 9.59 Å². The molecule has 1 atom stereocenters. The van der Waals surface area contributed by atoms with Gasteiger partial charge < -0.3 is 15.9 Å². The second kappa shape index (κ2) is 8.55. The molecule has 1 fully saturated rings. The SMILES string of the molecule is C1CCSC1.N[C@@H](CCC(=O)O)C(=O)O. The van der Waals surface area contributed by atoms with Crippen LogP contribution >= 0.6 is 11.8 Å². The molecular weight excluding hydrogens is 218 g/mol. The van der Waals surface area contributed by atoms with Gasteiger partial charge in [0.05, 0.1) is 0 Å². The van der Waals surface area contributed by atoms with Crippen LogP contribution in [0.5, 0.6) is 0 Å². The van der Waals surface area contributed by atoms with Crippen LogP contribution < -0.4 is 5.73 Å². The third-order valence-electron chi connectivity index (χ3n) is 1.81. The van der Waals surface area contributed by atoms with Crippen molar-refractivity contribution in [1.29, 1.82) is 0 Å². The summed E-state index contributed by atoms with van der Waals surface area (Å²) in [5, 5.41) is 16.3. The zero-order chi connectivity index (χ0) is 11.7. The zero-order valence-electron chi connectivity index (χ0n) is 8.52. The standard InChI is InChI=1S/C5H9NO4.C4H8S/c6-3(5(9)10)1-2-4(7)8;1-2-4-5-3-1/h3H,1-2,6H2,(H,7,8)(H,9,10);1-4H2/t3-;/m0./s1. The van der Waals surface area contributed by atoms with Gasteiger partial charge in [-0.3, -0.25) is 9.59 Å². The van der Waals surface area contributed by atoms with Crippen molar-refractivity contribution in [2.24, 2.45) is 5.73 Å². The van der Waals surface area contributed by atoms with Crippen molar-refractivity contribution < 1.29 is 19.8 Å². The fourth-order valence-corrected chi connectivity index (χ4v) is 1.93. The monoisotopic (exact) mass is 235 g/mol. The average Bonchev–Trinajstić information content (AvgIpc) is 2.71. The minimum atomic E-state index is -1.17. The molecule has 0 bridgehead atoms. The molecule has 1 saturated heterocycles. The lowest BCUT2D eigenvalue weighted by atomic mass is 10.2. The summed E-state index contributed by atoms with van der Waals surface area (Å²) in [6.45, 7) is 0. The van der Waals surface area contributed by atoms with Gasteiger partial charge in [0.25, 0.3) is 0 Å². The number of rotatable bonds is 4.